The number of ether oxygens (including phenoxy) is 1. The fraction of sp³-hybridized carbons (Fsp3) is 0.250. The van der Waals surface area contributed by atoms with Gasteiger partial charge in [-0.15, -0.1) is 0 Å². The molecule has 3 aromatic rings. The number of aromatic nitrogens is 2. The zero-order valence-electron chi connectivity index (χ0n) is 17.7. The van der Waals surface area contributed by atoms with E-state index in [4.69, 9.17) is 22.6 Å². The summed E-state index contributed by atoms with van der Waals surface area (Å²) < 4.78 is 21.1. The van der Waals surface area contributed by atoms with Gasteiger partial charge in [-0.25, -0.2) is 9.07 Å². The van der Waals surface area contributed by atoms with Crippen LogP contribution in [-0.2, 0) is 0 Å². The second kappa shape index (κ2) is 8.63. The summed E-state index contributed by atoms with van der Waals surface area (Å²) in [5, 5.41) is 4.63. The number of halogens is 1. The third-order valence-corrected chi connectivity index (χ3v) is 5.63. The van der Waals surface area contributed by atoms with Crippen LogP contribution in [-0.4, -0.2) is 33.7 Å². The monoisotopic (exact) mass is 433 g/mol. The fourth-order valence-electron chi connectivity index (χ4n) is 3.90. The number of nitrogens with zero attached hydrogens (tertiary/aromatic N) is 3. The molecule has 1 aromatic heterocycles. The number of rotatable bonds is 5. The lowest BCUT2D eigenvalue weighted by Crippen LogP contribution is -2.34. The number of primary amides is 1. The normalized spacial score (nSPS) is 15.9. The molecule has 4 N–H and O–H groups in total. The number of benzene rings is 2. The molecule has 1 aliphatic rings. The first kappa shape index (κ1) is 21.2. The Hall–Kier alpha value is -3.99. The smallest absolute Gasteiger partial charge is 0.254 e. The van der Waals surface area contributed by atoms with Crippen LogP contribution in [0.4, 0.5) is 10.2 Å². The molecule has 1 atom stereocenters. The van der Waals surface area contributed by atoms with Gasteiger partial charge < -0.3 is 21.1 Å². The Morgan fingerprint density at radius 2 is 1.97 bits per heavy atom. The molecule has 0 saturated carbocycles. The molecule has 7 nitrogen and oxygen atoms in total. The highest BCUT2D eigenvalue weighted by atomic mass is 19.1. The van der Waals surface area contributed by atoms with Crippen LogP contribution < -0.4 is 16.2 Å². The van der Waals surface area contributed by atoms with E-state index < -0.39 is 5.91 Å². The molecule has 0 radical (unpaired) electrons. The molecule has 1 fully saturated rings. The summed E-state index contributed by atoms with van der Waals surface area (Å²) in [7, 11) is 0. The molecule has 2 heterocycles. The summed E-state index contributed by atoms with van der Waals surface area (Å²) in [6.45, 7) is 3.10. The molecule has 164 valence electrons. The zero-order chi connectivity index (χ0) is 22.8. The van der Waals surface area contributed by atoms with Crippen LogP contribution in [0.3, 0.4) is 0 Å². The van der Waals surface area contributed by atoms with Crippen molar-refractivity contribution >= 4 is 11.7 Å². The Morgan fingerprint density at radius 1 is 1.25 bits per heavy atom. The lowest BCUT2D eigenvalue weighted by atomic mass is 10.1. The highest BCUT2D eigenvalue weighted by Crippen LogP contribution is 2.33. The van der Waals surface area contributed by atoms with Gasteiger partial charge in [0.2, 0.25) is 0 Å². The van der Waals surface area contributed by atoms with E-state index in [9.17, 15) is 9.18 Å². The molecule has 1 aliphatic heterocycles. The van der Waals surface area contributed by atoms with Crippen LogP contribution in [0, 0.1) is 25.2 Å². The van der Waals surface area contributed by atoms with Gasteiger partial charge in [0.15, 0.2) is 0 Å². The topological polar surface area (TPSA) is 99.4 Å². The second-order valence-electron chi connectivity index (χ2n) is 7.83. The van der Waals surface area contributed by atoms with E-state index in [2.05, 4.69) is 11.1 Å². The van der Waals surface area contributed by atoms with Gasteiger partial charge in [-0.1, -0.05) is 12.5 Å². The largest absolute Gasteiger partial charge is 0.457 e. The molecular weight excluding hydrogens is 409 g/mol. The van der Waals surface area contributed by atoms with E-state index in [0.29, 0.717) is 34.9 Å². The molecule has 4 rings (SSSR count). The van der Waals surface area contributed by atoms with Gasteiger partial charge in [0.25, 0.3) is 5.91 Å². The van der Waals surface area contributed by atoms with Gasteiger partial charge >= 0.3 is 0 Å². The summed E-state index contributed by atoms with van der Waals surface area (Å²) in [6, 6.07) is 14.2. The molecule has 32 heavy (non-hydrogen) atoms. The van der Waals surface area contributed by atoms with E-state index >= 15 is 0 Å². The number of anilines is 1. The van der Waals surface area contributed by atoms with Crippen LogP contribution in [0.15, 0.2) is 42.5 Å². The van der Waals surface area contributed by atoms with Crippen LogP contribution in [0.25, 0.3) is 11.3 Å². The molecular formula is C24H24FN5O2. The molecule has 1 amide bonds. The minimum absolute atomic E-state index is 0.0503. The molecule has 0 aliphatic carbocycles. The predicted octanol–water partition coefficient (Wildman–Crippen LogP) is 3.70. The number of terminal acetylenes is 1. The zero-order valence-corrected chi connectivity index (χ0v) is 17.7. The quantitative estimate of drug-likeness (QED) is 0.598. The summed E-state index contributed by atoms with van der Waals surface area (Å²) in [6.07, 6.45) is 7.30. The number of nitrogens with two attached hydrogens (primary N) is 2. The van der Waals surface area contributed by atoms with Crippen LogP contribution in [0.2, 0.25) is 0 Å². The van der Waals surface area contributed by atoms with Crippen molar-refractivity contribution in [2.75, 3.05) is 18.8 Å². The SMILES string of the molecule is C#CN1CCCC(n2nc(-c3ccc(Oc4ccc(C)c(F)c4)cc3)c(C(N)=O)c2N)C1. The van der Waals surface area contributed by atoms with Gasteiger partial charge in [0.05, 0.1) is 6.04 Å². The Bertz CT molecular complexity index is 1200. The number of carbonyl (C=O) groups is 1. The number of aryl methyl sites for hydroxylation is 1. The first-order chi connectivity index (χ1) is 15.4. The summed E-state index contributed by atoms with van der Waals surface area (Å²) in [5.74, 6) is 0.150. The average Bonchev–Trinajstić information content (AvgIpc) is 3.14. The molecule has 0 spiro atoms. The van der Waals surface area contributed by atoms with E-state index in [1.54, 1.807) is 48.0 Å². The number of carbonyl (C=O) groups excluding carboxylic acids is 1. The van der Waals surface area contributed by atoms with Crippen LogP contribution in [0.1, 0.15) is 34.8 Å². The highest BCUT2D eigenvalue weighted by molar-refractivity contribution is 6.03. The van der Waals surface area contributed by atoms with Crippen LogP contribution in [0.5, 0.6) is 11.5 Å². The van der Waals surface area contributed by atoms with Crippen molar-refractivity contribution in [1.82, 2.24) is 14.7 Å². The highest BCUT2D eigenvalue weighted by Gasteiger charge is 2.28. The van der Waals surface area contributed by atoms with Crippen molar-refractivity contribution in [1.29, 1.82) is 0 Å². The first-order valence-electron chi connectivity index (χ1n) is 10.3. The molecule has 8 heteroatoms. The number of likely N-dealkylation sites (tertiary alicyclic amines) is 1. The number of piperidine rings is 1. The Balaban J connectivity index is 1.63. The minimum atomic E-state index is -0.649. The lowest BCUT2D eigenvalue weighted by molar-refractivity contribution is 0.100. The summed E-state index contributed by atoms with van der Waals surface area (Å²) >= 11 is 0. The van der Waals surface area contributed by atoms with Gasteiger partial charge in [-0.3, -0.25) is 4.79 Å². The Kier molecular flexibility index (Phi) is 5.73. The van der Waals surface area contributed by atoms with Crippen molar-refractivity contribution in [2.45, 2.75) is 25.8 Å². The first-order valence-corrected chi connectivity index (χ1v) is 10.3. The van der Waals surface area contributed by atoms with Gasteiger partial charge in [0.1, 0.15) is 34.4 Å². The van der Waals surface area contributed by atoms with Gasteiger partial charge in [-0.2, -0.15) is 5.10 Å². The summed E-state index contributed by atoms with van der Waals surface area (Å²) in [4.78, 5) is 14.1. The maximum absolute atomic E-state index is 13.8. The van der Waals surface area contributed by atoms with E-state index in [1.165, 1.54) is 6.07 Å². The van der Waals surface area contributed by atoms with Gasteiger partial charge in [0, 0.05) is 30.8 Å². The third-order valence-electron chi connectivity index (χ3n) is 5.63. The summed E-state index contributed by atoms with van der Waals surface area (Å²) in [5.41, 5.74) is 13.7. The molecule has 1 unspecified atom stereocenters. The maximum Gasteiger partial charge on any atom is 0.254 e. The number of hydrogen-bond acceptors (Lipinski definition) is 5. The standard InChI is InChI=1S/C24H24FN5O2/c1-3-29-12-4-5-17(14-29)30-23(26)21(24(27)31)22(28-30)16-7-10-18(11-8-16)32-19-9-6-15(2)20(25)13-19/h1,6-11,13,17H,4-5,12,14,26H2,2H3,(H2,27,31). The fourth-order valence-corrected chi connectivity index (χ4v) is 3.90. The lowest BCUT2D eigenvalue weighted by Gasteiger charge is -2.30. The molecule has 2 aromatic carbocycles. The van der Waals surface area contributed by atoms with E-state index in [1.807, 2.05) is 4.90 Å². The third kappa shape index (κ3) is 4.10. The number of nitrogen functional groups attached to an aromatic ring is 1. The van der Waals surface area contributed by atoms with Crippen molar-refractivity contribution in [2.24, 2.45) is 5.73 Å². The predicted molar refractivity (Wildman–Crippen MR) is 120 cm³/mol. The molecule has 0 bridgehead atoms. The van der Waals surface area contributed by atoms with E-state index in [0.717, 1.165) is 19.4 Å². The molecule has 1 saturated heterocycles. The van der Waals surface area contributed by atoms with Crippen molar-refractivity contribution in [3.63, 3.8) is 0 Å². The Labute approximate surface area is 185 Å². The van der Waals surface area contributed by atoms with Crippen molar-refractivity contribution in [3.05, 3.63) is 59.4 Å². The second-order valence-corrected chi connectivity index (χ2v) is 7.83. The van der Waals surface area contributed by atoms with Crippen LogP contribution >= 0.6 is 0 Å². The number of amides is 1. The van der Waals surface area contributed by atoms with Crippen molar-refractivity contribution < 1.29 is 13.9 Å². The van der Waals surface area contributed by atoms with Gasteiger partial charge in [-0.05, 0) is 55.7 Å². The van der Waals surface area contributed by atoms with Crippen molar-refractivity contribution in [3.8, 4) is 35.2 Å². The Morgan fingerprint density at radius 3 is 2.62 bits per heavy atom. The maximum atomic E-state index is 13.8. The minimum Gasteiger partial charge on any atom is -0.457 e. The van der Waals surface area contributed by atoms with E-state index in [-0.39, 0.29) is 23.2 Å². The number of hydrogen-bond donors (Lipinski definition) is 2. The average molecular weight is 433 g/mol.